The van der Waals surface area contributed by atoms with Crippen LogP contribution < -0.4 is 4.74 Å². The molecule has 1 aliphatic carbocycles. The van der Waals surface area contributed by atoms with Crippen LogP contribution in [0, 0.1) is 0 Å². The molecule has 39 heavy (non-hydrogen) atoms. The van der Waals surface area contributed by atoms with E-state index in [1.807, 2.05) is 24.3 Å². The highest BCUT2D eigenvalue weighted by atomic mass is 32.1. The van der Waals surface area contributed by atoms with Crippen LogP contribution in [0.15, 0.2) is 109 Å². The zero-order valence-corrected chi connectivity index (χ0v) is 22.4. The molecule has 0 atom stereocenters. The van der Waals surface area contributed by atoms with Crippen LogP contribution in [0.2, 0.25) is 0 Å². The molecule has 0 saturated heterocycles. The van der Waals surface area contributed by atoms with Crippen molar-refractivity contribution >= 4 is 23.3 Å². The third-order valence-electron chi connectivity index (χ3n) is 7.48. The molecule has 5 heteroatoms. The van der Waals surface area contributed by atoms with E-state index in [0.717, 1.165) is 16.9 Å². The molecular formula is C34H26O4S. The van der Waals surface area contributed by atoms with E-state index >= 15 is 0 Å². The van der Waals surface area contributed by atoms with Crippen LogP contribution in [0.3, 0.4) is 0 Å². The number of ether oxygens (including phenoxy) is 1. The van der Waals surface area contributed by atoms with Gasteiger partial charge in [0.25, 0.3) is 0 Å². The molecule has 192 valence electrons. The van der Waals surface area contributed by atoms with Crippen LogP contribution in [0.5, 0.6) is 5.75 Å². The van der Waals surface area contributed by atoms with Gasteiger partial charge in [-0.15, -0.1) is 11.3 Å². The third kappa shape index (κ3) is 4.06. The Morgan fingerprint density at radius 3 is 1.72 bits per heavy atom. The lowest BCUT2D eigenvalue weighted by Gasteiger charge is -2.34. The van der Waals surface area contributed by atoms with E-state index in [9.17, 15) is 9.59 Å². The van der Waals surface area contributed by atoms with Crippen molar-refractivity contribution in [1.29, 1.82) is 0 Å². The first kappa shape index (κ1) is 24.8. The molecule has 4 nitrogen and oxygen atoms in total. The van der Waals surface area contributed by atoms with Gasteiger partial charge >= 0.3 is 11.9 Å². The standard InChI is InChI=1S/C34H26O4S/c1-21(2)22-11-13-23(14-12-22)34(28-9-5-3-7-26(28)27-8-4-6-10-29(27)34)24-15-17-25(18-16-24)38-33(37)31-20-19-30(39-31)32(35)36/h3-21H,1-2H3,(H,35,36). The van der Waals surface area contributed by atoms with Crippen molar-refractivity contribution in [3.8, 4) is 16.9 Å². The van der Waals surface area contributed by atoms with E-state index in [-0.39, 0.29) is 9.75 Å². The molecule has 0 fully saturated rings. The summed E-state index contributed by atoms with van der Waals surface area (Å²) in [7, 11) is 0. The van der Waals surface area contributed by atoms with Gasteiger partial charge in [0.2, 0.25) is 0 Å². The summed E-state index contributed by atoms with van der Waals surface area (Å²) < 4.78 is 5.61. The first-order chi connectivity index (χ1) is 18.9. The number of esters is 1. The van der Waals surface area contributed by atoms with E-state index in [0.29, 0.717) is 11.7 Å². The molecule has 4 aromatic carbocycles. The SMILES string of the molecule is CC(C)c1ccc(C2(c3ccc(OC(=O)c4ccc(C(=O)O)s4)cc3)c3ccccc3-c3ccccc32)cc1. The summed E-state index contributed by atoms with van der Waals surface area (Å²) >= 11 is 0.902. The summed E-state index contributed by atoms with van der Waals surface area (Å²) in [6, 6.07) is 36.6. The number of carboxylic acid groups (broad SMARTS) is 1. The monoisotopic (exact) mass is 530 g/mol. The van der Waals surface area contributed by atoms with Crippen LogP contribution >= 0.6 is 11.3 Å². The minimum atomic E-state index is -1.06. The smallest absolute Gasteiger partial charge is 0.353 e. The summed E-state index contributed by atoms with van der Waals surface area (Å²) in [4.78, 5) is 24.2. The minimum Gasteiger partial charge on any atom is -0.477 e. The van der Waals surface area contributed by atoms with Gasteiger partial charge in [0, 0.05) is 0 Å². The second-order valence-electron chi connectivity index (χ2n) is 10.0. The van der Waals surface area contributed by atoms with Crippen molar-refractivity contribution in [3.63, 3.8) is 0 Å². The molecule has 6 rings (SSSR count). The molecule has 1 aromatic heterocycles. The Bertz CT molecular complexity index is 1650. The van der Waals surface area contributed by atoms with E-state index in [2.05, 4.69) is 86.6 Å². The van der Waals surface area contributed by atoms with Crippen molar-refractivity contribution in [3.05, 3.63) is 147 Å². The number of carboxylic acids is 1. The second kappa shape index (κ2) is 9.68. The summed E-state index contributed by atoms with van der Waals surface area (Å²) in [5, 5.41) is 9.16. The van der Waals surface area contributed by atoms with Crippen LogP contribution in [0.1, 0.15) is 66.9 Å². The highest BCUT2D eigenvalue weighted by Crippen LogP contribution is 2.56. The number of rotatable bonds is 6. The molecule has 0 aliphatic heterocycles. The minimum absolute atomic E-state index is 0.0984. The fraction of sp³-hybridized carbons (Fsp3) is 0.118. The van der Waals surface area contributed by atoms with Gasteiger partial charge in [-0.3, -0.25) is 0 Å². The van der Waals surface area contributed by atoms with Crippen LogP contribution in [-0.2, 0) is 5.41 Å². The molecule has 0 unspecified atom stereocenters. The Labute approximate surface area is 231 Å². The van der Waals surface area contributed by atoms with Gasteiger partial charge in [0.15, 0.2) is 0 Å². The lowest BCUT2D eigenvalue weighted by molar-refractivity contribution is 0.0700. The fourth-order valence-corrected chi connectivity index (χ4v) is 6.36. The summed E-state index contributed by atoms with van der Waals surface area (Å²) in [5.41, 5.74) is 7.86. The molecule has 1 aliphatic rings. The van der Waals surface area contributed by atoms with Gasteiger partial charge in [0.1, 0.15) is 15.5 Å². The van der Waals surface area contributed by atoms with Gasteiger partial charge in [0.05, 0.1) is 5.41 Å². The van der Waals surface area contributed by atoms with Crippen molar-refractivity contribution in [1.82, 2.24) is 0 Å². The predicted molar refractivity (Wildman–Crippen MR) is 154 cm³/mol. The average molecular weight is 531 g/mol. The highest BCUT2D eigenvalue weighted by Gasteiger charge is 2.45. The van der Waals surface area contributed by atoms with E-state index in [1.54, 1.807) is 0 Å². The number of carbonyl (C=O) groups excluding carboxylic acids is 1. The summed E-state index contributed by atoms with van der Waals surface area (Å²) in [6.07, 6.45) is 0. The van der Waals surface area contributed by atoms with E-state index in [1.165, 1.54) is 45.5 Å². The second-order valence-corrected chi connectivity index (χ2v) is 11.1. The summed E-state index contributed by atoms with van der Waals surface area (Å²) in [5.74, 6) is -0.802. The van der Waals surface area contributed by atoms with Gasteiger partial charge < -0.3 is 9.84 Å². The number of fused-ring (bicyclic) bond motifs is 3. The molecule has 1 N–H and O–H groups in total. The molecule has 1 heterocycles. The molecule has 5 aromatic rings. The number of aromatic carboxylic acids is 1. The van der Waals surface area contributed by atoms with Crippen molar-refractivity contribution < 1.29 is 19.4 Å². The van der Waals surface area contributed by atoms with Gasteiger partial charge in [-0.25, -0.2) is 9.59 Å². The third-order valence-corrected chi connectivity index (χ3v) is 8.53. The average Bonchev–Trinajstić information content (AvgIpc) is 3.57. The zero-order valence-electron chi connectivity index (χ0n) is 21.5. The lowest BCUT2D eigenvalue weighted by Crippen LogP contribution is -2.28. The van der Waals surface area contributed by atoms with Crippen molar-refractivity contribution in [2.75, 3.05) is 0 Å². The normalized spacial score (nSPS) is 13.1. The number of benzene rings is 4. The van der Waals surface area contributed by atoms with Crippen LogP contribution in [0.25, 0.3) is 11.1 Å². The first-order valence-corrected chi connectivity index (χ1v) is 13.7. The number of hydrogen-bond donors (Lipinski definition) is 1. The topological polar surface area (TPSA) is 63.6 Å². The number of thiophene rings is 1. The van der Waals surface area contributed by atoms with Gasteiger partial charge in [-0.05, 0) is 69.1 Å². The Balaban J connectivity index is 1.46. The first-order valence-electron chi connectivity index (χ1n) is 12.8. The summed E-state index contributed by atoms with van der Waals surface area (Å²) in [6.45, 7) is 4.40. The Hall–Kier alpha value is -4.48. The van der Waals surface area contributed by atoms with E-state index in [4.69, 9.17) is 9.84 Å². The maximum absolute atomic E-state index is 12.7. The van der Waals surface area contributed by atoms with Gasteiger partial charge in [-0.2, -0.15) is 0 Å². The van der Waals surface area contributed by atoms with Crippen LogP contribution in [-0.4, -0.2) is 17.0 Å². The largest absolute Gasteiger partial charge is 0.477 e. The molecule has 0 amide bonds. The maximum atomic E-state index is 12.7. The maximum Gasteiger partial charge on any atom is 0.353 e. The molecule has 0 bridgehead atoms. The molecule has 0 saturated carbocycles. The van der Waals surface area contributed by atoms with E-state index < -0.39 is 17.4 Å². The van der Waals surface area contributed by atoms with Gasteiger partial charge in [-0.1, -0.05) is 98.8 Å². The van der Waals surface area contributed by atoms with Crippen LogP contribution in [0.4, 0.5) is 0 Å². The molecular weight excluding hydrogens is 504 g/mol. The molecule has 0 spiro atoms. The number of carbonyl (C=O) groups is 2. The zero-order chi connectivity index (χ0) is 27.1. The highest BCUT2D eigenvalue weighted by molar-refractivity contribution is 7.15. The predicted octanol–water partition coefficient (Wildman–Crippen LogP) is 8.15. The fourth-order valence-electron chi connectivity index (χ4n) is 5.63. The Morgan fingerprint density at radius 2 is 1.21 bits per heavy atom. The van der Waals surface area contributed by atoms with Crippen molar-refractivity contribution in [2.24, 2.45) is 0 Å². The quantitative estimate of drug-likeness (QED) is 0.174. The Kier molecular flexibility index (Phi) is 6.16. The molecule has 0 radical (unpaired) electrons. The number of hydrogen-bond acceptors (Lipinski definition) is 4. The lowest BCUT2D eigenvalue weighted by atomic mass is 9.67. The Morgan fingerprint density at radius 1 is 0.692 bits per heavy atom. The van der Waals surface area contributed by atoms with Crippen molar-refractivity contribution in [2.45, 2.75) is 25.2 Å².